The van der Waals surface area contributed by atoms with E-state index >= 15 is 0 Å². The van der Waals surface area contributed by atoms with E-state index in [9.17, 15) is 14.4 Å². The summed E-state index contributed by atoms with van der Waals surface area (Å²) in [5.41, 5.74) is 1.90. The number of aryl methyl sites for hydroxylation is 1. The highest BCUT2D eigenvalue weighted by molar-refractivity contribution is 5.94. The van der Waals surface area contributed by atoms with Gasteiger partial charge in [0.2, 0.25) is 0 Å². The summed E-state index contributed by atoms with van der Waals surface area (Å²) in [7, 11) is 1.64. The van der Waals surface area contributed by atoms with Crippen LogP contribution in [0, 0.1) is 0 Å². The van der Waals surface area contributed by atoms with Crippen LogP contribution in [0.3, 0.4) is 0 Å². The lowest BCUT2D eigenvalue weighted by Crippen LogP contribution is -2.49. The number of hydrogen-bond acceptors (Lipinski definition) is 4. The lowest BCUT2D eigenvalue weighted by atomic mass is 10.1. The van der Waals surface area contributed by atoms with Crippen molar-refractivity contribution in [3.05, 3.63) is 64.1 Å². The number of nitrogens with one attached hydrogen (secondary N) is 2. The van der Waals surface area contributed by atoms with Gasteiger partial charge in [-0.3, -0.25) is 19.4 Å². The van der Waals surface area contributed by atoms with Crippen LogP contribution in [0.5, 0.6) is 0 Å². The Balaban J connectivity index is 1.50. The highest BCUT2D eigenvalue weighted by Gasteiger charge is 2.39. The monoisotopic (exact) mass is 437 g/mol. The van der Waals surface area contributed by atoms with Gasteiger partial charge in [-0.05, 0) is 50.5 Å². The topological polar surface area (TPSA) is 86.7 Å². The van der Waals surface area contributed by atoms with Gasteiger partial charge in [0.15, 0.2) is 0 Å². The maximum atomic E-state index is 12.9. The lowest BCUT2D eigenvalue weighted by Gasteiger charge is -2.30. The molecule has 1 aromatic carbocycles. The second kappa shape index (κ2) is 9.16. The summed E-state index contributed by atoms with van der Waals surface area (Å²) < 4.78 is 1.41. The number of carbonyl (C=O) groups excluding carboxylic acids is 2. The first kappa shape index (κ1) is 22.1. The van der Waals surface area contributed by atoms with Crippen LogP contribution >= 0.6 is 0 Å². The Kier molecular flexibility index (Phi) is 6.32. The number of aromatic nitrogens is 1. The third kappa shape index (κ3) is 4.41. The maximum Gasteiger partial charge on any atom is 0.322 e. The Morgan fingerprint density at radius 3 is 2.69 bits per heavy atom. The number of benzene rings is 1. The van der Waals surface area contributed by atoms with Crippen LogP contribution in [0.2, 0.25) is 0 Å². The van der Waals surface area contributed by atoms with E-state index in [-0.39, 0.29) is 41.2 Å². The second-order valence-electron chi connectivity index (χ2n) is 8.95. The van der Waals surface area contributed by atoms with Gasteiger partial charge in [-0.2, -0.15) is 0 Å². The number of anilines is 1. The van der Waals surface area contributed by atoms with Gasteiger partial charge in [-0.25, -0.2) is 4.79 Å². The number of carbonyl (C=O) groups is 2. The molecule has 3 amide bonds. The Labute approximate surface area is 188 Å². The molecule has 2 aromatic rings. The molecule has 1 fully saturated rings. The largest absolute Gasteiger partial charge is 0.350 e. The van der Waals surface area contributed by atoms with Crippen LogP contribution in [-0.4, -0.2) is 52.6 Å². The average Bonchev–Trinajstić information content (AvgIpc) is 3.04. The number of urea groups is 1. The SMILES string of the molecule is CC(C)NC(=O)N1CC2CCC(CNC(=O)c3cccn(C)c3=O)N2Cc2ccccc21. The van der Waals surface area contributed by atoms with E-state index in [1.807, 2.05) is 36.9 Å². The van der Waals surface area contributed by atoms with Crippen molar-refractivity contribution in [3.63, 3.8) is 0 Å². The van der Waals surface area contributed by atoms with E-state index in [1.165, 1.54) is 4.57 Å². The summed E-state index contributed by atoms with van der Waals surface area (Å²) in [5, 5.41) is 5.98. The van der Waals surface area contributed by atoms with E-state index in [0.717, 1.165) is 30.6 Å². The van der Waals surface area contributed by atoms with Crippen molar-refractivity contribution in [1.82, 2.24) is 20.1 Å². The molecule has 4 rings (SSSR count). The van der Waals surface area contributed by atoms with Crippen LogP contribution in [0.4, 0.5) is 10.5 Å². The van der Waals surface area contributed by atoms with Crippen LogP contribution in [0.1, 0.15) is 42.6 Å². The van der Waals surface area contributed by atoms with Crippen molar-refractivity contribution in [1.29, 1.82) is 0 Å². The van der Waals surface area contributed by atoms with Crippen molar-refractivity contribution in [2.45, 2.75) is 51.4 Å². The molecule has 1 aromatic heterocycles. The van der Waals surface area contributed by atoms with Crippen LogP contribution in [0.15, 0.2) is 47.4 Å². The van der Waals surface area contributed by atoms with Crippen LogP contribution in [-0.2, 0) is 13.6 Å². The fourth-order valence-corrected chi connectivity index (χ4v) is 4.69. The minimum atomic E-state index is -0.345. The Morgan fingerprint density at radius 1 is 1.12 bits per heavy atom. The second-order valence-corrected chi connectivity index (χ2v) is 8.95. The molecule has 0 radical (unpaired) electrons. The summed E-state index contributed by atoms with van der Waals surface area (Å²) in [6.07, 6.45) is 3.52. The molecule has 0 saturated carbocycles. The van der Waals surface area contributed by atoms with Crippen molar-refractivity contribution < 1.29 is 9.59 Å². The van der Waals surface area contributed by atoms with Crippen molar-refractivity contribution in [3.8, 4) is 0 Å². The summed E-state index contributed by atoms with van der Waals surface area (Å²) in [6, 6.07) is 11.6. The predicted octanol–water partition coefficient (Wildman–Crippen LogP) is 2.09. The molecule has 2 N–H and O–H groups in total. The van der Waals surface area contributed by atoms with Crippen molar-refractivity contribution >= 4 is 17.6 Å². The summed E-state index contributed by atoms with van der Waals surface area (Å²) >= 11 is 0. The molecule has 0 bridgehead atoms. The third-order valence-electron chi connectivity index (χ3n) is 6.32. The highest BCUT2D eigenvalue weighted by Crippen LogP contribution is 2.34. The smallest absolute Gasteiger partial charge is 0.322 e. The number of rotatable bonds is 4. The molecule has 2 unspecified atom stereocenters. The number of nitrogens with zero attached hydrogens (tertiary/aromatic N) is 3. The first-order valence-electron chi connectivity index (χ1n) is 11.2. The molecule has 0 spiro atoms. The molecule has 2 atom stereocenters. The van der Waals surface area contributed by atoms with Crippen LogP contribution < -0.4 is 21.1 Å². The van der Waals surface area contributed by atoms with E-state index in [4.69, 9.17) is 0 Å². The molecular weight excluding hydrogens is 406 g/mol. The summed E-state index contributed by atoms with van der Waals surface area (Å²) in [5.74, 6) is -0.345. The van der Waals surface area contributed by atoms with Gasteiger partial charge >= 0.3 is 6.03 Å². The van der Waals surface area contributed by atoms with E-state index in [2.05, 4.69) is 21.6 Å². The zero-order valence-electron chi connectivity index (χ0n) is 18.9. The fraction of sp³-hybridized carbons (Fsp3) is 0.458. The Bertz CT molecular complexity index is 1060. The molecular formula is C24H31N5O3. The lowest BCUT2D eigenvalue weighted by molar-refractivity contribution is 0.0932. The zero-order valence-corrected chi connectivity index (χ0v) is 18.9. The molecule has 170 valence electrons. The standard InChI is InChI=1S/C24H31N5O3/c1-16(2)26-24(32)29-15-19-11-10-18(28(19)14-17-7-4-5-9-21(17)29)13-25-22(30)20-8-6-12-27(3)23(20)31/h4-9,12,16,18-19H,10-11,13-15H2,1-3H3,(H,25,30)(H,26,32). The van der Waals surface area contributed by atoms with Gasteiger partial charge in [-0.1, -0.05) is 18.2 Å². The minimum Gasteiger partial charge on any atom is -0.350 e. The molecule has 3 heterocycles. The number of amides is 3. The van der Waals surface area contributed by atoms with Gasteiger partial charge in [0, 0.05) is 56.7 Å². The minimum absolute atomic E-state index is 0.0613. The molecule has 2 aliphatic heterocycles. The number of para-hydroxylation sites is 1. The van der Waals surface area contributed by atoms with Crippen molar-refractivity contribution in [2.24, 2.45) is 7.05 Å². The normalized spacial score (nSPS) is 20.4. The van der Waals surface area contributed by atoms with E-state index in [1.54, 1.807) is 25.4 Å². The number of hydrogen-bond donors (Lipinski definition) is 2. The summed E-state index contributed by atoms with van der Waals surface area (Å²) in [6.45, 7) is 5.72. The first-order chi connectivity index (χ1) is 15.3. The highest BCUT2D eigenvalue weighted by atomic mass is 16.2. The van der Waals surface area contributed by atoms with Crippen molar-refractivity contribution in [2.75, 3.05) is 18.0 Å². The molecule has 8 heteroatoms. The molecule has 2 aliphatic rings. The molecule has 8 nitrogen and oxygen atoms in total. The van der Waals surface area contributed by atoms with Crippen LogP contribution in [0.25, 0.3) is 0 Å². The van der Waals surface area contributed by atoms with Gasteiger partial charge in [0.05, 0.1) is 0 Å². The fourth-order valence-electron chi connectivity index (χ4n) is 4.69. The molecule has 32 heavy (non-hydrogen) atoms. The Hall–Kier alpha value is -3.13. The predicted molar refractivity (Wildman–Crippen MR) is 124 cm³/mol. The van der Waals surface area contributed by atoms with Gasteiger partial charge < -0.3 is 15.2 Å². The quantitative estimate of drug-likeness (QED) is 0.767. The zero-order chi connectivity index (χ0) is 22.8. The summed E-state index contributed by atoms with van der Waals surface area (Å²) in [4.78, 5) is 42.1. The number of pyridine rings is 1. The average molecular weight is 438 g/mol. The third-order valence-corrected chi connectivity index (χ3v) is 6.32. The number of fused-ring (bicyclic) bond motifs is 2. The van der Waals surface area contributed by atoms with E-state index in [0.29, 0.717) is 13.1 Å². The van der Waals surface area contributed by atoms with Gasteiger partial charge in [0.1, 0.15) is 5.56 Å². The Morgan fingerprint density at radius 2 is 1.91 bits per heavy atom. The van der Waals surface area contributed by atoms with E-state index < -0.39 is 0 Å². The van der Waals surface area contributed by atoms with Gasteiger partial charge in [-0.15, -0.1) is 0 Å². The van der Waals surface area contributed by atoms with Gasteiger partial charge in [0.25, 0.3) is 11.5 Å². The maximum absolute atomic E-state index is 12.9. The molecule has 0 aliphatic carbocycles. The molecule has 1 saturated heterocycles. The first-order valence-corrected chi connectivity index (χ1v) is 11.2.